The van der Waals surface area contributed by atoms with Gasteiger partial charge >= 0.3 is 0 Å². The quantitative estimate of drug-likeness (QED) is 0.753. The van der Waals surface area contributed by atoms with Crippen LogP contribution < -0.4 is 5.32 Å². The van der Waals surface area contributed by atoms with Gasteiger partial charge in [0.1, 0.15) is 5.69 Å². The van der Waals surface area contributed by atoms with Crippen molar-refractivity contribution in [2.24, 2.45) is 5.92 Å². The Bertz CT molecular complexity index is 582. The third-order valence-corrected chi connectivity index (χ3v) is 3.64. The van der Waals surface area contributed by atoms with Crippen LogP contribution in [0.15, 0.2) is 30.6 Å². The van der Waals surface area contributed by atoms with Crippen molar-refractivity contribution in [3.63, 3.8) is 0 Å². The molecule has 2 aromatic rings. The Morgan fingerprint density at radius 3 is 2.76 bits per heavy atom. The van der Waals surface area contributed by atoms with Crippen molar-refractivity contribution in [1.82, 2.24) is 20.5 Å². The van der Waals surface area contributed by atoms with Gasteiger partial charge in [-0.25, -0.2) is 0 Å². The van der Waals surface area contributed by atoms with E-state index in [1.54, 1.807) is 18.5 Å². The van der Waals surface area contributed by atoms with Gasteiger partial charge in [0.25, 0.3) is 5.91 Å². The van der Waals surface area contributed by atoms with E-state index in [1.165, 1.54) is 0 Å². The summed E-state index contributed by atoms with van der Waals surface area (Å²) in [6, 6.07) is 5.09. The predicted molar refractivity (Wildman–Crippen MR) is 79.6 cm³/mol. The fourth-order valence-electron chi connectivity index (χ4n) is 2.01. The minimum atomic E-state index is -0.262. The van der Waals surface area contributed by atoms with Crippen LogP contribution in [0.5, 0.6) is 0 Å². The van der Waals surface area contributed by atoms with Gasteiger partial charge < -0.3 is 10.4 Å². The Hall–Kier alpha value is -2.21. The summed E-state index contributed by atoms with van der Waals surface area (Å²) in [5.74, 6) is -0.0521. The van der Waals surface area contributed by atoms with Crippen molar-refractivity contribution in [2.45, 2.75) is 26.3 Å². The number of nitrogens with one attached hydrogen (secondary N) is 2. The third-order valence-electron chi connectivity index (χ3n) is 3.64. The molecule has 0 saturated heterocycles. The molecule has 2 rings (SSSR count). The fraction of sp³-hybridized carbons (Fsp3) is 0.400. The lowest BCUT2D eigenvalue weighted by Gasteiger charge is -2.21. The van der Waals surface area contributed by atoms with Crippen molar-refractivity contribution in [3.8, 4) is 11.3 Å². The lowest BCUT2D eigenvalue weighted by molar-refractivity contribution is 0.0886. The van der Waals surface area contributed by atoms with Crippen molar-refractivity contribution >= 4 is 5.91 Å². The van der Waals surface area contributed by atoms with Gasteiger partial charge in [-0.3, -0.25) is 14.9 Å². The second-order valence-electron chi connectivity index (χ2n) is 5.05. The number of aromatic amines is 1. The van der Waals surface area contributed by atoms with E-state index in [2.05, 4.69) is 20.5 Å². The Morgan fingerprint density at radius 2 is 2.14 bits per heavy atom. The van der Waals surface area contributed by atoms with Crippen molar-refractivity contribution in [2.75, 3.05) is 6.61 Å². The number of aliphatic hydroxyl groups is 1. The molecule has 0 aliphatic carbocycles. The van der Waals surface area contributed by atoms with Gasteiger partial charge in [0.2, 0.25) is 0 Å². The molecule has 0 bridgehead atoms. The van der Waals surface area contributed by atoms with E-state index in [0.717, 1.165) is 12.0 Å². The monoisotopic (exact) mass is 288 g/mol. The van der Waals surface area contributed by atoms with E-state index in [1.807, 2.05) is 26.0 Å². The number of aliphatic hydroxyl groups excluding tert-OH is 1. The topological polar surface area (TPSA) is 90.9 Å². The van der Waals surface area contributed by atoms with Crippen LogP contribution >= 0.6 is 0 Å². The molecule has 21 heavy (non-hydrogen) atoms. The predicted octanol–water partition coefficient (Wildman–Crippen LogP) is 1.61. The van der Waals surface area contributed by atoms with Gasteiger partial charge in [-0.05, 0) is 24.1 Å². The average molecular weight is 288 g/mol. The number of rotatable bonds is 6. The van der Waals surface area contributed by atoms with Crippen LogP contribution in [0.4, 0.5) is 0 Å². The van der Waals surface area contributed by atoms with E-state index in [0.29, 0.717) is 11.4 Å². The highest BCUT2D eigenvalue weighted by Crippen LogP contribution is 2.16. The smallest absolute Gasteiger partial charge is 0.269 e. The van der Waals surface area contributed by atoms with Crippen LogP contribution in [0, 0.1) is 5.92 Å². The zero-order chi connectivity index (χ0) is 15.2. The summed E-state index contributed by atoms with van der Waals surface area (Å²) in [5.41, 5.74) is 1.95. The van der Waals surface area contributed by atoms with Crippen molar-refractivity contribution < 1.29 is 9.90 Å². The minimum absolute atomic E-state index is 0.0773. The first-order valence-electron chi connectivity index (χ1n) is 7.03. The SMILES string of the molecule is CC[C@H](C)[C@H](CO)NC(=O)c1cc(-c2ccncc2)n[nH]1. The molecule has 0 unspecified atom stereocenters. The third kappa shape index (κ3) is 3.66. The number of aromatic nitrogens is 3. The maximum atomic E-state index is 12.2. The number of pyridine rings is 1. The van der Waals surface area contributed by atoms with Gasteiger partial charge in [0.05, 0.1) is 18.3 Å². The molecule has 112 valence electrons. The minimum Gasteiger partial charge on any atom is -0.394 e. The summed E-state index contributed by atoms with van der Waals surface area (Å²) in [6.07, 6.45) is 4.24. The number of hydrogen-bond donors (Lipinski definition) is 3. The molecule has 0 radical (unpaired) electrons. The number of carbonyl (C=O) groups is 1. The molecule has 2 atom stereocenters. The summed E-state index contributed by atoms with van der Waals surface area (Å²) >= 11 is 0. The molecule has 0 aliphatic rings. The first-order chi connectivity index (χ1) is 10.2. The molecule has 0 saturated carbocycles. The number of carbonyl (C=O) groups excluding carboxylic acids is 1. The largest absolute Gasteiger partial charge is 0.394 e. The molecular weight excluding hydrogens is 268 g/mol. The Labute approximate surface area is 123 Å². The second kappa shape index (κ2) is 6.99. The van der Waals surface area contributed by atoms with Gasteiger partial charge in [0, 0.05) is 18.0 Å². The molecule has 1 amide bonds. The highest BCUT2D eigenvalue weighted by atomic mass is 16.3. The summed E-state index contributed by atoms with van der Waals surface area (Å²) in [5, 5.41) is 19.0. The molecule has 6 heteroatoms. The van der Waals surface area contributed by atoms with Crippen LogP contribution in [0.3, 0.4) is 0 Å². The fourth-order valence-corrected chi connectivity index (χ4v) is 2.01. The number of nitrogens with zero attached hydrogens (tertiary/aromatic N) is 2. The summed E-state index contributed by atoms with van der Waals surface area (Å²) in [4.78, 5) is 16.1. The molecule has 2 heterocycles. The van der Waals surface area contributed by atoms with E-state index in [9.17, 15) is 9.90 Å². The Kier molecular flexibility index (Phi) is 5.05. The lowest BCUT2D eigenvalue weighted by Crippen LogP contribution is -2.42. The van der Waals surface area contributed by atoms with Crippen LogP contribution in [-0.4, -0.2) is 38.8 Å². The van der Waals surface area contributed by atoms with Gasteiger partial charge in [-0.1, -0.05) is 20.3 Å². The van der Waals surface area contributed by atoms with Crippen LogP contribution in [0.1, 0.15) is 30.8 Å². The number of H-pyrrole nitrogens is 1. The summed E-state index contributed by atoms with van der Waals surface area (Å²) in [7, 11) is 0. The average Bonchev–Trinajstić information content (AvgIpc) is 3.02. The Balaban J connectivity index is 2.09. The number of amides is 1. The van der Waals surface area contributed by atoms with E-state index in [4.69, 9.17) is 0 Å². The van der Waals surface area contributed by atoms with E-state index >= 15 is 0 Å². The van der Waals surface area contributed by atoms with E-state index < -0.39 is 0 Å². The van der Waals surface area contributed by atoms with Crippen LogP contribution in [0.25, 0.3) is 11.3 Å². The van der Waals surface area contributed by atoms with Crippen LogP contribution in [-0.2, 0) is 0 Å². The zero-order valence-electron chi connectivity index (χ0n) is 12.2. The number of hydrogen-bond acceptors (Lipinski definition) is 4. The van der Waals surface area contributed by atoms with Crippen molar-refractivity contribution in [1.29, 1.82) is 0 Å². The molecule has 0 aromatic carbocycles. The summed E-state index contributed by atoms with van der Waals surface area (Å²) in [6.45, 7) is 3.94. The molecule has 6 nitrogen and oxygen atoms in total. The molecule has 0 aliphatic heterocycles. The highest BCUT2D eigenvalue weighted by Gasteiger charge is 2.19. The van der Waals surface area contributed by atoms with Crippen LogP contribution in [0.2, 0.25) is 0 Å². The maximum absolute atomic E-state index is 12.2. The molecular formula is C15H20N4O2. The highest BCUT2D eigenvalue weighted by molar-refractivity contribution is 5.93. The zero-order valence-corrected chi connectivity index (χ0v) is 12.2. The summed E-state index contributed by atoms with van der Waals surface area (Å²) < 4.78 is 0. The normalized spacial score (nSPS) is 13.7. The molecule has 2 aromatic heterocycles. The van der Waals surface area contributed by atoms with Gasteiger partial charge in [-0.15, -0.1) is 0 Å². The molecule has 0 fully saturated rings. The first-order valence-corrected chi connectivity index (χ1v) is 7.03. The standard InChI is InChI=1S/C15H20N4O2/c1-3-10(2)14(9-20)17-15(21)13-8-12(18-19-13)11-4-6-16-7-5-11/h4-8,10,14,20H,3,9H2,1-2H3,(H,17,21)(H,18,19)/t10-,14-/m0/s1. The lowest BCUT2D eigenvalue weighted by atomic mass is 10.00. The Morgan fingerprint density at radius 1 is 1.43 bits per heavy atom. The second-order valence-corrected chi connectivity index (χ2v) is 5.05. The van der Waals surface area contributed by atoms with Gasteiger partial charge in [0.15, 0.2) is 0 Å². The maximum Gasteiger partial charge on any atom is 0.269 e. The molecule has 3 N–H and O–H groups in total. The molecule has 0 spiro atoms. The first kappa shape index (κ1) is 15.2. The van der Waals surface area contributed by atoms with Crippen molar-refractivity contribution in [3.05, 3.63) is 36.3 Å². The van der Waals surface area contributed by atoms with Gasteiger partial charge in [-0.2, -0.15) is 5.10 Å². The van der Waals surface area contributed by atoms with E-state index in [-0.39, 0.29) is 24.5 Å².